The summed E-state index contributed by atoms with van der Waals surface area (Å²) in [6.45, 7) is 8.27. The molecule has 1 heterocycles. The smallest absolute Gasteiger partial charge is 0.257 e. The molecular formula is C22H25N3O3. The van der Waals surface area contributed by atoms with Crippen molar-refractivity contribution in [1.29, 1.82) is 0 Å². The molecule has 6 nitrogen and oxygen atoms in total. The van der Waals surface area contributed by atoms with Gasteiger partial charge in [0.1, 0.15) is 5.75 Å². The molecule has 28 heavy (non-hydrogen) atoms. The number of piperazine rings is 1. The number of phenols is 1. The van der Waals surface area contributed by atoms with E-state index < -0.39 is 0 Å². The molecule has 1 atom stereocenters. The van der Waals surface area contributed by atoms with Crippen LogP contribution in [0.15, 0.2) is 61.2 Å². The number of carbonyl (C=O) groups excluding carboxylic acids is 2. The molecule has 0 radical (unpaired) electrons. The Balaban J connectivity index is 1.68. The summed E-state index contributed by atoms with van der Waals surface area (Å²) in [4.78, 5) is 28.5. The molecule has 0 unspecified atom stereocenters. The lowest BCUT2D eigenvalue weighted by molar-refractivity contribution is -0.111. The van der Waals surface area contributed by atoms with Crippen LogP contribution >= 0.6 is 0 Å². The lowest BCUT2D eigenvalue weighted by atomic mass is 10.1. The predicted octanol–water partition coefficient (Wildman–Crippen LogP) is 2.86. The molecular weight excluding hydrogens is 354 g/mol. The summed E-state index contributed by atoms with van der Waals surface area (Å²) in [5.41, 5.74) is 1.88. The molecule has 0 aromatic heterocycles. The third-order valence-electron chi connectivity index (χ3n) is 4.96. The maximum atomic E-state index is 13.0. The molecule has 0 aliphatic carbocycles. The molecule has 1 fully saturated rings. The van der Waals surface area contributed by atoms with Crippen LogP contribution in [0.3, 0.4) is 0 Å². The van der Waals surface area contributed by atoms with Crippen molar-refractivity contribution in [3.63, 3.8) is 0 Å². The second-order valence-electron chi connectivity index (χ2n) is 6.98. The highest BCUT2D eigenvalue weighted by Gasteiger charge is 2.28. The van der Waals surface area contributed by atoms with Gasteiger partial charge in [0.05, 0.1) is 5.56 Å². The lowest BCUT2D eigenvalue weighted by Gasteiger charge is -2.40. The van der Waals surface area contributed by atoms with Crippen molar-refractivity contribution in [2.75, 3.05) is 25.0 Å². The van der Waals surface area contributed by atoms with Gasteiger partial charge in [-0.25, -0.2) is 0 Å². The zero-order chi connectivity index (χ0) is 20.1. The van der Waals surface area contributed by atoms with Gasteiger partial charge in [0.2, 0.25) is 5.91 Å². The van der Waals surface area contributed by atoms with Crippen LogP contribution in [-0.4, -0.2) is 52.4 Å². The first-order valence-corrected chi connectivity index (χ1v) is 9.31. The summed E-state index contributed by atoms with van der Waals surface area (Å²) in [6, 6.07) is 14.9. The first kappa shape index (κ1) is 19.6. The number of rotatable bonds is 5. The van der Waals surface area contributed by atoms with Crippen molar-refractivity contribution in [1.82, 2.24) is 9.80 Å². The average Bonchev–Trinajstić information content (AvgIpc) is 2.71. The minimum Gasteiger partial charge on any atom is -0.507 e. The van der Waals surface area contributed by atoms with Gasteiger partial charge in [0.15, 0.2) is 0 Å². The number of carbonyl (C=O) groups is 2. The Bertz CT molecular complexity index is 867. The Morgan fingerprint density at radius 3 is 2.64 bits per heavy atom. The van der Waals surface area contributed by atoms with Crippen molar-refractivity contribution < 1.29 is 14.7 Å². The lowest BCUT2D eigenvalue weighted by Crippen LogP contribution is -2.53. The SMILES string of the molecule is C=CC(=O)Nc1ccc(O)c(C(=O)N2CCN(Cc3ccccc3)[C@H](C)C2)c1. The Morgan fingerprint density at radius 1 is 1.21 bits per heavy atom. The van der Waals surface area contributed by atoms with Gasteiger partial charge in [-0.05, 0) is 36.8 Å². The topological polar surface area (TPSA) is 72.9 Å². The highest BCUT2D eigenvalue weighted by Crippen LogP contribution is 2.25. The summed E-state index contributed by atoms with van der Waals surface area (Å²) >= 11 is 0. The van der Waals surface area contributed by atoms with Gasteiger partial charge in [-0.2, -0.15) is 0 Å². The van der Waals surface area contributed by atoms with Crippen molar-refractivity contribution in [2.45, 2.75) is 19.5 Å². The largest absolute Gasteiger partial charge is 0.507 e. The van der Waals surface area contributed by atoms with E-state index in [1.165, 1.54) is 17.7 Å². The Labute approximate surface area is 165 Å². The van der Waals surface area contributed by atoms with E-state index in [0.29, 0.717) is 18.8 Å². The fourth-order valence-corrected chi connectivity index (χ4v) is 3.38. The van der Waals surface area contributed by atoms with Gasteiger partial charge < -0.3 is 15.3 Å². The van der Waals surface area contributed by atoms with E-state index in [4.69, 9.17) is 0 Å². The van der Waals surface area contributed by atoms with E-state index in [2.05, 4.69) is 35.9 Å². The third kappa shape index (κ3) is 4.58. The number of phenolic OH excluding ortho intramolecular Hbond substituents is 1. The van der Waals surface area contributed by atoms with E-state index in [0.717, 1.165) is 19.2 Å². The van der Waals surface area contributed by atoms with Crippen LogP contribution in [0.1, 0.15) is 22.8 Å². The van der Waals surface area contributed by atoms with Crippen molar-refractivity contribution >= 4 is 17.5 Å². The molecule has 1 saturated heterocycles. The highest BCUT2D eigenvalue weighted by atomic mass is 16.3. The molecule has 2 amide bonds. The summed E-state index contributed by atoms with van der Waals surface area (Å²) in [6.07, 6.45) is 1.15. The quantitative estimate of drug-likeness (QED) is 0.619. The number of aromatic hydroxyl groups is 1. The second kappa shape index (κ2) is 8.71. The van der Waals surface area contributed by atoms with Crippen LogP contribution in [0.2, 0.25) is 0 Å². The zero-order valence-electron chi connectivity index (χ0n) is 16.0. The van der Waals surface area contributed by atoms with E-state index in [9.17, 15) is 14.7 Å². The number of hydrogen-bond donors (Lipinski definition) is 2. The first-order valence-electron chi connectivity index (χ1n) is 9.31. The van der Waals surface area contributed by atoms with Gasteiger partial charge >= 0.3 is 0 Å². The molecule has 0 bridgehead atoms. The van der Waals surface area contributed by atoms with E-state index in [1.54, 1.807) is 11.0 Å². The van der Waals surface area contributed by atoms with Crippen LogP contribution in [-0.2, 0) is 11.3 Å². The highest BCUT2D eigenvalue weighted by molar-refractivity contribution is 6.02. The van der Waals surface area contributed by atoms with Crippen LogP contribution in [0.5, 0.6) is 5.75 Å². The number of nitrogens with one attached hydrogen (secondary N) is 1. The van der Waals surface area contributed by atoms with Gasteiger partial charge in [0.25, 0.3) is 5.91 Å². The molecule has 2 aromatic rings. The van der Waals surface area contributed by atoms with Crippen molar-refractivity contribution in [3.8, 4) is 5.75 Å². The number of nitrogens with zero attached hydrogens (tertiary/aromatic N) is 2. The molecule has 3 rings (SSSR count). The van der Waals surface area contributed by atoms with Gasteiger partial charge in [-0.15, -0.1) is 0 Å². The predicted molar refractivity (Wildman–Crippen MR) is 109 cm³/mol. The Hall–Kier alpha value is -3.12. The normalized spacial score (nSPS) is 17.2. The van der Waals surface area contributed by atoms with E-state index in [-0.39, 0.29) is 29.2 Å². The molecule has 146 valence electrons. The van der Waals surface area contributed by atoms with Gasteiger partial charge in [-0.1, -0.05) is 36.9 Å². The van der Waals surface area contributed by atoms with Crippen LogP contribution < -0.4 is 5.32 Å². The molecule has 2 aromatic carbocycles. The molecule has 1 aliphatic heterocycles. The van der Waals surface area contributed by atoms with Crippen LogP contribution in [0.25, 0.3) is 0 Å². The van der Waals surface area contributed by atoms with Gasteiger partial charge in [-0.3, -0.25) is 14.5 Å². The molecule has 2 N–H and O–H groups in total. The summed E-state index contributed by atoms with van der Waals surface area (Å²) in [7, 11) is 0. The summed E-state index contributed by atoms with van der Waals surface area (Å²) < 4.78 is 0. The van der Waals surface area contributed by atoms with Crippen LogP contribution in [0, 0.1) is 0 Å². The number of anilines is 1. The van der Waals surface area contributed by atoms with E-state index >= 15 is 0 Å². The monoisotopic (exact) mass is 379 g/mol. The Kier molecular flexibility index (Phi) is 6.11. The number of hydrogen-bond acceptors (Lipinski definition) is 4. The molecule has 1 aliphatic rings. The number of benzene rings is 2. The molecule has 0 spiro atoms. The minimum atomic E-state index is -0.368. The second-order valence-corrected chi connectivity index (χ2v) is 6.98. The fraction of sp³-hybridized carbons (Fsp3) is 0.273. The number of amides is 2. The Morgan fingerprint density at radius 2 is 1.96 bits per heavy atom. The molecule has 6 heteroatoms. The zero-order valence-corrected chi connectivity index (χ0v) is 16.0. The third-order valence-corrected chi connectivity index (χ3v) is 4.96. The summed E-state index contributed by atoms with van der Waals surface area (Å²) in [5, 5.41) is 12.8. The van der Waals surface area contributed by atoms with E-state index in [1.807, 2.05) is 18.2 Å². The first-order chi connectivity index (χ1) is 13.5. The van der Waals surface area contributed by atoms with Crippen molar-refractivity contribution in [3.05, 3.63) is 72.3 Å². The van der Waals surface area contributed by atoms with Gasteiger partial charge in [0, 0.05) is 37.9 Å². The minimum absolute atomic E-state index is 0.0963. The average molecular weight is 379 g/mol. The molecule has 0 saturated carbocycles. The van der Waals surface area contributed by atoms with Crippen LogP contribution in [0.4, 0.5) is 5.69 Å². The van der Waals surface area contributed by atoms with Crippen molar-refractivity contribution in [2.24, 2.45) is 0 Å². The maximum Gasteiger partial charge on any atom is 0.257 e. The fourth-order valence-electron chi connectivity index (χ4n) is 3.38. The maximum absolute atomic E-state index is 13.0. The summed E-state index contributed by atoms with van der Waals surface area (Å²) in [5.74, 6) is -0.702. The standard InChI is InChI=1S/C22H25N3O3/c1-3-21(27)23-18-9-10-20(26)19(13-18)22(28)25-12-11-24(16(2)14-25)15-17-7-5-4-6-8-17/h3-10,13,16,26H,1,11-12,14-15H2,2H3,(H,23,27)/t16-/m1/s1.